The molecular weight excluding hydrogens is 354 g/mol. The molecule has 0 bridgehead atoms. The standard InChI is InChI=1S/C22H23N3O3/c1-14-5-7-17-16(11-14)20-21(24(17)2)22(26)25(13-23-20)10-9-15-6-8-18(27-3)19(12-15)28-4/h5-8,11-13H,9-10H2,1-4H3. The van der Waals surface area contributed by atoms with Crippen LogP contribution < -0.4 is 15.0 Å². The van der Waals surface area contributed by atoms with Crippen molar-refractivity contribution in [3.8, 4) is 11.5 Å². The first kappa shape index (κ1) is 18.1. The molecule has 28 heavy (non-hydrogen) atoms. The maximum Gasteiger partial charge on any atom is 0.277 e. The Kier molecular flexibility index (Phi) is 4.55. The van der Waals surface area contributed by atoms with E-state index < -0.39 is 0 Å². The molecular formula is C22H23N3O3. The molecule has 144 valence electrons. The van der Waals surface area contributed by atoms with Crippen LogP contribution in [0.3, 0.4) is 0 Å². The summed E-state index contributed by atoms with van der Waals surface area (Å²) in [6, 6.07) is 12.0. The van der Waals surface area contributed by atoms with Crippen LogP contribution in [0, 0.1) is 6.92 Å². The number of hydrogen-bond donors (Lipinski definition) is 0. The molecule has 0 aliphatic carbocycles. The van der Waals surface area contributed by atoms with E-state index in [0.717, 1.165) is 27.5 Å². The van der Waals surface area contributed by atoms with Gasteiger partial charge in [-0.2, -0.15) is 0 Å². The Bertz CT molecular complexity index is 1240. The summed E-state index contributed by atoms with van der Waals surface area (Å²) >= 11 is 0. The van der Waals surface area contributed by atoms with Crippen molar-refractivity contribution < 1.29 is 9.47 Å². The average Bonchev–Trinajstić information content (AvgIpc) is 2.99. The van der Waals surface area contributed by atoms with Crippen LogP contribution in [0.4, 0.5) is 0 Å². The Balaban J connectivity index is 1.70. The number of aromatic nitrogens is 3. The first-order chi connectivity index (χ1) is 13.5. The summed E-state index contributed by atoms with van der Waals surface area (Å²) in [6.45, 7) is 2.58. The zero-order valence-corrected chi connectivity index (χ0v) is 16.5. The van der Waals surface area contributed by atoms with Crippen molar-refractivity contribution in [3.63, 3.8) is 0 Å². The number of fused-ring (bicyclic) bond motifs is 3. The van der Waals surface area contributed by atoms with Crippen molar-refractivity contribution in [2.45, 2.75) is 19.9 Å². The largest absolute Gasteiger partial charge is 0.493 e. The number of rotatable bonds is 5. The number of hydrogen-bond acceptors (Lipinski definition) is 4. The van der Waals surface area contributed by atoms with E-state index in [1.165, 1.54) is 0 Å². The van der Waals surface area contributed by atoms with Crippen LogP contribution >= 0.6 is 0 Å². The zero-order chi connectivity index (χ0) is 19.8. The fraction of sp³-hybridized carbons (Fsp3) is 0.273. The lowest BCUT2D eigenvalue weighted by Crippen LogP contribution is -2.23. The lowest BCUT2D eigenvalue weighted by atomic mass is 10.1. The summed E-state index contributed by atoms with van der Waals surface area (Å²) in [6.07, 6.45) is 2.34. The van der Waals surface area contributed by atoms with Gasteiger partial charge in [0, 0.05) is 19.0 Å². The minimum atomic E-state index is -0.0261. The third-order valence-corrected chi connectivity index (χ3v) is 5.21. The van der Waals surface area contributed by atoms with Gasteiger partial charge in [-0.1, -0.05) is 17.7 Å². The highest BCUT2D eigenvalue weighted by molar-refractivity contribution is 6.05. The van der Waals surface area contributed by atoms with Crippen LogP contribution in [-0.4, -0.2) is 28.3 Å². The first-order valence-electron chi connectivity index (χ1n) is 9.18. The molecule has 0 atom stereocenters. The minimum Gasteiger partial charge on any atom is -0.493 e. The molecule has 0 aliphatic rings. The van der Waals surface area contributed by atoms with E-state index in [0.29, 0.717) is 30.0 Å². The van der Waals surface area contributed by atoms with Gasteiger partial charge in [-0.05, 0) is 43.2 Å². The lowest BCUT2D eigenvalue weighted by molar-refractivity contribution is 0.354. The van der Waals surface area contributed by atoms with Crippen LogP contribution in [0.1, 0.15) is 11.1 Å². The Morgan fingerprint density at radius 3 is 2.57 bits per heavy atom. The molecule has 4 aromatic rings. The topological polar surface area (TPSA) is 58.3 Å². The molecule has 0 N–H and O–H groups in total. The van der Waals surface area contributed by atoms with Crippen LogP contribution in [0.25, 0.3) is 21.9 Å². The molecule has 6 nitrogen and oxygen atoms in total. The van der Waals surface area contributed by atoms with Crippen molar-refractivity contribution in [1.82, 2.24) is 14.1 Å². The number of ether oxygens (including phenoxy) is 2. The van der Waals surface area contributed by atoms with Gasteiger partial charge in [-0.15, -0.1) is 0 Å². The number of benzene rings is 2. The molecule has 2 aromatic heterocycles. The quantitative estimate of drug-likeness (QED) is 0.534. The Morgan fingerprint density at radius 2 is 1.82 bits per heavy atom. The Morgan fingerprint density at radius 1 is 1.04 bits per heavy atom. The van der Waals surface area contributed by atoms with Gasteiger partial charge in [0.05, 0.1) is 26.1 Å². The SMILES string of the molecule is COc1ccc(CCn2cnc3c4cc(C)ccc4n(C)c3c2=O)cc1OC. The molecule has 2 aromatic carbocycles. The molecule has 0 unspecified atom stereocenters. The van der Waals surface area contributed by atoms with Crippen molar-refractivity contribution in [1.29, 1.82) is 0 Å². The molecule has 4 rings (SSSR count). The van der Waals surface area contributed by atoms with Crippen LogP contribution in [0.15, 0.2) is 47.5 Å². The summed E-state index contributed by atoms with van der Waals surface area (Å²) in [4.78, 5) is 17.7. The fourth-order valence-corrected chi connectivity index (χ4v) is 3.68. The maximum absolute atomic E-state index is 13.1. The monoisotopic (exact) mass is 377 g/mol. The Hall–Kier alpha value is -3.28. The van der Waals surface area contributed by atoms with E-state index in [9.17, 15) is 4.79 Å². The van der Waals surface area contributed by atoms with E-state index >= 15 is 0 Å². The first-order valence-corrected chi connectivity index (χ1v) is 9.18. The molecule has 0 radical (unpaired) electrons. The second-order valence-electron chi connectivity index (χ2n) is 6.96. The summed E-state index contributed by atoms with van der Waals surface area (Å²) in [5.41, 5.74) is 4.60. The van der Waals surface area contributed by atoms with Crippen molar-refractivity contribution >= 4 is 21.9 Å². The minimum absolute atomic E-state index is 0.0261. The molecule has 0 saturated carbocycles. The maximum atomic E-state index is 13.1. The molecule has 0 fully saturated rings. The fourth-order valence-electron chi connectivity index (χ4n) is 3.68. The third kappa shape index (κ3) is 2.91. The van der Waals surface area contributed by atoms with Crippen LogP contribution in [-0.2, 0) is 20.0 Å². The van der Waals surface area contributed by atoms with Gasteiger partial charge < -0.3 is 14.0 Å². The summed E-state index contributed by atoms with van der Waals surface area (Å²) < 4.78 is 14.2. The summed E-state index contributed by atoms with van der Waals surface area (Å²) in [7, 11) is 5.15. The summed E-state index contributed by atoms with van der Waals surface area (Å²) in [5, 5.41) is 1.02. The van der Waals surface area contributed by atoms with E-state index in [2.05, 4.69) is 17.1 Å². The van der Waals surface area contributed by atoms with Gasteiger partial charge in [0.15, 0.2) is 11.5 Å². The highest BCUT2D eigenvalue weighted by Gasteiger charge is 2.14. The van der Waals surface area contributed by atoms with Crippen molar-refractivity contribution in [3.05, 3.63) is 64.2 Å². The number of nitrogens with zero attached hydrogens (tertiary/aromatic N) is 3. The average molecular weight is 377 g/mol. The molecule has 0 aliphatic heterocycles. The molecule has 0 spiro atoms. The number of methoxy groups -OCH3 is 2. The zero-order valence-electron chi connectivity index (χ0n) is 16.5. The van der Waals surface area contributed by atoms with Gasteiger partial charge in [-0.25, -0.2) is 4.98 Å². The van der Waals surface area contributed by atoms with Gasteiger partial charge in [0.25, 0.3) is 5.56 Å². The highest BCUT2D eigenvalue weighted by atomic mass is 16.5. The Labute approximate surface area is 162 Å². The van der Waals surface area contributed by atoms with Gasteiger partial charge in [0.2, 0.25) is 0 Å². The van der Waals surface area contributed by atoms with Gasteiger partial charge >= 0.3 is 0 Å². The van der Waals surface area contributed by atoms with Crippen LogP contribution in [0.2, 0.25) is 0 Å². The second kappa shape index (κ2) is 7.03. The molecule has 2 heterocycles. The molecule has 0 amide bonds. The van der Waals surface area contributed by atoms with E-state index in [1.807, 2.05) is 42.8 Å². The van der Waals surface area contributed by atoms with E-state index in [4.69, 9.17) is 9.47 Å². The van der Waals surface area contributed by atoms with Gasteiger partial charge in [0.1, 0.15) is 11.0 Å². The van der Waals surface area contributed by atoms with Crippen molar-refractivity contribution in [2.75, 3.05) is 14.2 Å². The normalized spacial score (nSPS) is 11.3. The predicted molar refractivity (Wildman–Crippen MR) is 110 cm³/mol. The van der Waals surface area contributed by atoms with Gasteiger partial charge in [-0.3, -0.25) is 9.36 Å². The molecule has 6 heteroatoms. The second-order valence-corrected chi connectivity index (χ2v) is 6.96. The third-order valence-electron chi connectivity index (χ3n) is 5.21. The lowest BCUT2D eigenvalue weighted by Gasteiger charge is -2.10. The summed E-state index contributed by atoms with van der Waals surface area (Å²) in [5.74, 6) is 1.38. The number of aryl methyl sites for hydroxylation is 4. The van der Waals surface area contributed by atoms with E-state index in [1.54, 1.807) is 25.1 Å². The van der Waals surface area contributed by atoms with Crippen molar-refractivity contribution in [2.24, 2.45) is 7.05 Å². The van der Waals surface area contributed by atoms with E-state index in [-0.39, 0.29) is 5.56 Å². The smallest absolute Gasteiger partial charge is 0.277 e. The highest BCUT2D eigenvalue weighted by Crippen LogP contribution is 2.28. The van der Waals surface area contributed by atoms with Crippen LogP contribution in [0.5, 0.6) is 11.5 Å². The molecule has 0 saturated heterocycles. The predicted octanol–water partition coefficient (Wildman–Crippen LogP) is 3.46.